The zero-order chi connectivity index (χ0) is 22.5. The van der Waals surface area contributed by atoms with Gasteiger partial charge in [0, 0.05) is 12.4 Å². The number of amides is 1. The van der Waals surface area contributed by atoms with Gasteiger partial charge in [0.1, 0.15) is 27.5 Å². The molecular formula is C24H23N3O4S. The maximum Gasteiger partial charge on any atom is 0.267 e. The van der Waals surface area contributed by atoms with Gasteiger partial charge in [-0.25, -0.2) is 4.98 Å². The summed E-state index contributed by atoms with van der Waals surface area (Å²) >= 11 is 1.37. The quantitative estimate of drug-likeness (QED) is 0.391. The molecule has 4 rings (SSSR count). The predicted molar refractivity (Wildman–Crippen MR) is 125 cm³/mol. The van der Waals surface area contributed by atoms with Crippen molar-refractivity contribution < 1.29 is 19.0 Å². The van der Waals surface area contributed by atoms with Gasteiger partial charge in [0.05, 0.1) is 20.8 Å². The van der Waals surface area contributed by atoms with Crippen LogP contribution in [0.4, 0.5) is 5.13 Å². The van der Waals surface area contributed by atoms with Gasteiger partial charge in [-0.05, 0) is 48.4 Å². The van der Waals surface area contributed by atoms with Crippen molar-refractivity contribution in [2.45, 2.75) is 13.5 Å². The van der Waals surface area contributed by atoms with E-state index in [9.17, 15) is 4.79 Å². The van der Waals surface area contributed by atoms with Crippen LogP contribution in [0, 0.1) is 6.92 Å². The fourth-order valence-electron chi connectivity index (χ4n) is 3.25. The summed E-state index contributed by atoms with van der Waals surface area (Å²) in [6, 6.07) is 15.0. The minimum atomic E-state index is -0.215. The van der Waals surface area contributed by atoms with Crippen LogP contribution in [0.3, 0.4) is 0 Å². The Kier molecular flexibility index (Phi) is 6.51. The van der Waals surface area contributed by atoms with Crippen molar-refractivity contribution in [3.05, 3.63) is 72.1 Å². The fourth-order valence-corrected chi connectivity index (χ4v) is 4.35. The topological polar surface area (TPSA) is 73.8 Å². The molecule has 1 amide bonds. The number of carbonyl (C=O) groups excluding carboxylic acids is 1. The zero-order valence-corrected chi connectivity index (χ0v) is 18.9. The van der Waals surface area contributed by atoms with Gasteiger partial charge in [0.25, 0.3) is 5.91 Å². The van der Waals surface area contributed by atoms with Crippen molar-refractivity contribution in [2.24, 2.45) is 0 Å². The molecule has 0 fully saturated rings. The largest absolute Gasteiger partial charge is 0.495 e. The second-order valence-electron chi connectivity index (χ2n) is 7.09. The Labute approximate surface area is 190 Å². The molecule has 0 aliphatic heterocycles. The van der Waals surface area contributed by atoms with Gasteiger partial charge >= 0.3 is 0 Å². The Hall–Kier alpha value is -3.65. The number of thiazole rings is 1. The molecule has 7 nitrogen and oxygen atoms in total. The van der Waals surface area contributed by atoms with Crippen LogP contribution in [0.25, 0.3) is 10.2 Å². The Bertz CT molecular complexity index is 1190. The molecule has 0 radical (unpaired) electrons. The third kappa shape index (κ3) is 4.65. The van der Waals surface area contributed by atoms with Gasteiger partial charge in [-0.15, -0.1) is 0 Å². The highest BCUT2D eigenvalue weighted by atomic mass is 32.1. The molecule has 0 N–H and O–H groups in total. The maximum absolute atomic E-state index is 13.3. The molecule has 0 aliphatic carbocycles. The lowest BCUT2D eigenvalue weighted by Gasteiger charge is -2.20. The summed E-state index contributed by atoms with van der Waals surface area (Å²) in [5, 5.41) is 0.532. The van der Waals surface area contributed by atoms with E-state index in [1.54, 1.807) is 37.6 Å². The average Bonchev–Trinajstić information content (AvgIpc) is 3.26. The van der Waals surface area contributed by atoms with Gasteiger partial charge in [-0.1, -0.05) is 29.5 Å². The second kappa shape index (κ2) is 9.65. The molecule has 0 saturated carbocycles. The SMILES string of the molecule is COc1ccc(OC)c2sc(N(Cc3cccnc3)C(=O)COc3cccc(C)c3)nc12. The number of methoxy groups -OCH3 is 2. The number of nitrogens with zero attached hydrogens (tertiary/aromatic N) is 3. The summed E-state index contributed by atoms with van der Waals surface area (Å²) in [5.74, 6) is 1.72. The van der Waals surface area contributed by atoms with E-state index in [0.717, 1.165) is 15.8 Å². The average molecular weight is 450 g/mol. The van der Waals surface area contributed by atoms with Crippen molar-refractivity contribution in [1.29, 1.82) is 0 Å². The number of carbonyl (C=O) groups is 1. The van der Waals surface area contributed by atoms with E-state index in [0.29, 0.717) is 34.4 Å². The van der Waals surface area contributed by atoms with E-state index in [1.807, 2.05) is 49.4 Å². The molecule has 164 valence electrons. The number of rotatable bonds is 8. The van der Waals surface area contributed by atoms with E-state index >= 15 is 0 Å². The van der Waals surface area contributed by atoms with Crippen molar-refractivity contribution in [1.82, 2.24) is 9.97 Å². The number of ether oxygens (including phenoxy) is 3. The number of fused-ring (bicyclic) bond motifs is 1. The van der Waals surface area contributed by atoms with E-state index in [2.05, 4.69) is 4.98 Å². The zero-order valence-electron chi connectivity index (χ0n) is 18.1. The number of pyridine rings is 1. The number of benzene rings is 2. The number of hydrogen-bond donors (Lipinski definition) is 0. The monoisotopic (exact) mass is 449 g/mol. The molecule has 0 unspecified atom stereocenters. The van der Waals surface area contributed by atoms with Crippen LogP contribution in [0.5, 0.6) is 17.2 Å². The van der Waals surface area contributed by atoms with Crippen molar-refractivity contribution in [3.8, 4) is 17.2 Å². The number of aromatic nitrogens is 2. The van der Waals surface area contributed by atoms with Gasteiger partial charge in [0.15, 0.2) is 11.7 Å². The van der Waals surface area contributed by atoms with E-state index in [1.165, 1.54) is 11.3 Å². The molecular weight excluding hydrogens is 426 g/mol. The lowest BCUT2D eigenvalue weighted by molar-refractivity contribution is -0.120. The van der Waals surface area contributed by atoms with Gasteiger partial charge < -0.3 is 14.2 Å². The molecule has 32 heavy (non-hydrogen) atoms. The molecule has 0 aliphatic rings. The van der Waals surface area contributed by atoms with E-state index in [4.69, 9.17) is 19.2 Å². The molecule has 2 heterocycles. The predicted octanol–water partition coefficient (Wildman–Crippen LogP) is 4.63. The van der Waals surface area contributed by atoms with Crippen LogP contribution in [0.15, 0.2) is 60.9 Å². The minimum absolute atomic E-state index is 0.117. The molecule has 4 aromatic rings. The maximum atomic E-state index is 13.3. The third-order valence-electron chi connectivity index (χ3n) is 4.85. The Morgan fingerprint density at radius 1 is 1.06 bits per heavy atom. The molecule has 0 atom stereocenters. The van der Waals surface area contributed by atoms with Crippen LogP contribution in [-0.2, 0) is 11.3 Å². The van der Waals surface area contributed by atoms with E-state index in [-0.39, 0.29) is 12.5 Å². The molecule has 2 aromatic heterocycles. The minimum Gasteiger partial charge on any atom is -0.495 e. The first kappa shape index (κ1) is 21.6. The van der Waals surface area contributed by atoms with Crippen LogP contribution < -0.4 is 19.1 Å². The summed E-state index contributed by atoms with van der Waals surface area (Å²) < 4.78 is 17.5. The summed E-state index contributed by atoms with van der Waals surface area (Å²) in [6.07, 6.45) is 3.43. The molecule has 0 spiro atoms. The number of hydrogen-bond acceptors (Lipinski definition) is 7. The van der Waals surface area contributed by atoms with Crippen molar-refractivity contribution in [2.75, 3.05) is 25.7 Å². The standard InChI is InChI=1S/C24H23N3O4S/c1-16-6-4-8-18(12-16)31-15-21(28)27(14-17-7-5-11-25-13-17)24-26-22-19(29-2)9-10-20(30-3)23(22)32-24/h4-13H,14-15H2,1-3H3. The molecule has 0 bridgehead atoms. The summed E-state index contributed by atoms with van der Waals surface area (Å²) in [4.78, 5) is 23.8. The number of anilines is 1. The molecule has 0 saturated heterocycles. The van der Waals surface area contributed by atoms with Crippen LogP contribution in [0.1, 0.15) is 11.1 Å². The smallest absolute Gasteiger partial charge is 0.267 e. The highest BCUT2D eigenvalue weighted by Gasteiger charge is 2.23. The van der Waals surface area contributed by atoms with Crippen LogP contribution in [-0.4, -0.2) is 36.7 Å². The van der Waals surface area contributed by atoms with Crippen LogP contribution >= 0.6 is 11.3 Å². The summed E-state index contributed by atoms with van der Waals surface area (Å²) in [6.45, 7) is 2.17. The van der Waals surface area contributed by atoms with Crippen molar-refractivity contribution >= 4 is 32.6 Å². The molecule has 2 aromatic carbocycles. The summed E-state index contributed by atoms with van der Waals surface area (Å²) in [5.41, 5.74) is 2.59. The highest BCUT2D eigenvalue weighted by molar-refractivity contribution is 7.22. The first-order chi connectivity index (χ1) is 15.6. The van der Waals surface area contributed by atoms with E-state index < -0.39 is 0 Å². The summed E-state index contributed by atoms with van der Waals surface area (Å²) in [7, 11) is 3.20. The Morgan fingerprint density at radius 3 is 2.59 bits per heavy atom. The van der Waals surface area contributed by atoms with Crippen LogP contribution in [0.2, 0.25) is 0 Å². The highest BCUT2D eigenvalue weighted by Crippen LogP contribution is 2.40. The molecule has 8 heteroatoms. The first-order valence-corrected chi connectivity index (χ1v) is 10.8. The lowest BCUT2D eigenvalue weighted by atomic mass is 10.2. The van der Waals surface area contributed by atoms with Gasteiger partial charge in [-0.2, -0.15) is 0 Å². The normalized spacial score (nSPS) is 10.7. The first-order valence-electron chi connectivity index (χ1n) is 9.99. The number of aryl methyl sites for hydroxylation is 1. The second-order valence-corrected chi connectivity index (χ2v) is 8.07. The van der Waals surface area contributed by atoms with Crippen molar-refractivity contribution in [3.63, 3.8) is 0 Å². The fraction of sp³-hybridized carbons (Fsp3) is 0.208. The Morgan fingerprint density at radius 2 is 1.88 bits per heavy atom. The van der Waals surface area contributed by atoms with Gasteiger partial charge in [-0.3, -0.25) is 14.7 Å². The third-order valence-corrected chi connectivity index (χ3v) is 5.94. The van der Waals surface area contributed by atoms with Gasteiger partial charge in [0.2, 0.25) is 0 Å². The Balaban J connectivity index is 1.68. The lowest BCUT2D eigenvalue weighted by Crippen LogP contribution is -2.34.